The lowest BCUT2D eigenvalue weighted by molar-refractivity contribution is -0.117. The molecule has 1 heterocycles. The number of amides is 1. The molecule has 1 atom stereocenters. The first kappa shape index (κ1) is 16.3. The maximum absolute atomic E-state index is 11.8. The molecule has 1 amide bonds. The topological polar surface area (TPSA) is 47.6 Å². The molecule has 22 heavy (non-hydrogen) atoms. The molecule has 2 rings (SSSR count). The minimum absolute atomic E-state index is 0.140. The number of nitrogens with one attached hydrogen (secondary N) is 1. The number of rotatable bonds is 7. The lowest BCUT2D eigenvalue weighted by Gasteiger charge is -2.16. The first-order chi connectivity index (χ1) is 10.7. The highest BCUT2D eigenvalue weighted by Crippen LogP contribution is 2.21. The highest BCUT2D eigenvalue weighted by atomic mass is 32.1. The Bertz CT molecular complexity index is 623. The second kappa shape index (κ2) is 8.36. The van der Waals surface area contributed by atoms with E-state index >= 15 is 0 Å². The Balaban J connectivity index is 1.91. The van der Waals surface area contributed by atoms with Gasteiger partial charge in [-0.25, -0.2) is 0 Å². The van der Waals surface area contributed by atoms with E-state index in [1.54, 1.807) is 31.6 Å². The van der Waals surface area contributed by atoms with Crippen LogP contribution in [0.1, 0.15) is 16.5 Å². The van der Waals surface area contributed by atoms with Gasteiger partial charge in [-0.1, -0.05) is 18.2 Å². The van der Waals surface area contributed by atoms with E-state index in [1.807, 2.05) is 41.8 Å². The first-order valence-corrected chi connectivity index (χ1v) is 7.77. The van der Waals surface area contributed by atoms with Crippen molar-refractivity contribution in [2.75, 3.05) is 20.8 Å². The number of hydrogen-bond donors (Lipinski definition) is 1. The summed E-state index contributed by atoms with van der Waals surface area (Å²) in [5.41, 5.74) is 0.962. The Morgan fingerprint density at radius 3 is 2.86 bits per heavy atom. The molecule has 0 aliphatic rings. The van der Waals surface area contributed by atoms with Crippen LogP contribution in [-0.4, -0.2) is 26.7 Å². The predicted octanol–water partition coefficient (Wildman–Crippen LogP) is 3.27. The molecule has 116 valence electrons. The fraction of sp³-hybridized carbons (Fsp3) is 0.235. The number of carbonyl (C=O) groups is 1. The van der Waals surface area contributed by atoms with Crippen LogP contribution in [0, 0.1) is 0 Å². The Hall–Kier alpha value is -2.11. The van der Waals surface area contributed by atoms with Crippen molar-refractivity contribution >= 4 is 23.3 Å². The quantitative estimate of drug-likeness (QED) is 0.797. The lowest BCUT2D eigenvalue weighted by Crippen LogP contribution is -2.27. The molecule has 0 fully saturated rings. The van der Waals surface area contributed by atoms with Gasteiger partial charge in [0.15, 0.2) is 0 Å². The minimum Gasteiger partial charge on any atom is -0.497 e. The number of hydrogen-bond acceptors (Lipinski definition) is 4. The summed E-state index contributed by atoms with van der Waals surface area (Å²) in [4.78, 5) is 12.9. The average molecular weight is 317 g/mol. The van der Waals surface area contributed by atoms with Crippen molar-refractivity contribution in [2.45, 2.75) is 6.10 Å². The zero-order valence-corrected chi connectivity index (χ0v) is 13.4. The number of thiophene rings is 1. The number of methoxy groups -OCH3 is 2. The van der Waals surface area contributed by atoms with Gasteiger partial charge in [0, 0.05) is 24.6 Å². The van der Waals surface area contributed by atoms with Gasteiger partial charge in [-0.05, 0) is 35.2 Å². The normalized spacial score (nSPS) is 12.3. The van der Waals surface area contributed by atoms with E-state index in [0.29, 0.717) is 6.54 Å². The second-order valence-corrected chi connectivity index (χ2v) is 5.57. The molecule has 0 spiro atoms. The Labute approximate surface area is 134 Å². The van der Waals surface area contributed by atoms with E-state index in [1.165, 1.54) is 6.08 Å². The van der Waals surface area contributed by atoms with Crippen molar-refractivity contribution in [1.82, 2.24) is 5.32 Å². The molecular weight excluding hydrogens is 298 g/mol. The van der Waals surface area contributed by atoms with Gasteiger partial charge in [-0.15, -0.1) is 11.3 Å². The molecule has 0 unspecified atom stereocenters. The van der Waals surface area contributed by atoms with Crippen LogP contribution < -0.4 is 10.1 Å². The van der Waals surface area contributed by atoms with E-state index in [0.717, 1.165) is 16.2 Å². The van der Waals surface area contributed by atoms with E-state index in [2.05, 4.69) is 5.32 Å². The number of benzene rings is 1. The molecule has 5 heteroatoms. The van der Waals surface area contributed by atoms with Crippen LogP contribution in [0.15, 0.2) is 47.9 Å². The monoisotopic (exact) mass is 317 g/mol. The zero-order chi connectivity index (χ0) is 15.8. The molecule has 0 saturated heterocycles. The van der Waals surface area contributed by atoms with Gasteiger partial charge < -0.3 is 14.8 Å². The molecule has 0 radical (unpaired) electrons. The highest BCUT2D eigenvalue weighted by molar-refractivity contribution is 7.10. The Morgan fingerprint density at radius 1 is 1.32 bits per heavy atom. The van der Waals surface area contributed by atoms with Gasteiger partial charge in [-0.2, -0.15) is 0 Å². The van der Waals surface area contributed by atoms with Crippen molar-refractivity contribution in [3.8, 4) is 5.75 Å². The molecule has 0 saturated carbocycles. The zero-order valence-electron chi connectivity index (χ0n) is 12.6. The molecule has 0 bridgehead atoms. The van der Waals surface area contributed by atoms with Crippen LogP contribution >= 0.6 is 11.3 Å². The fourth-order valence-electron chi connectivity index (χ4n) is 1.98. The third-order valence-electron chi connectivity index (χ3n) is 3.15. The van der Waals surface area contributed by atoms with E-state index in [9.17, 15) is 4.79 Å². The van der Waals surface area contributed by atoms with Crippen molar-refractivity contribution in [3.05, 3.63) is 58.3 Å². The molecule has 1 aromatic carbocycles. The van der Waals surface area contributed by atoms with Crippen LogP contribution in [-0.2, 0) is 9.53 Å². The summed E-state index contributed by atoms with van der Waals surface area (Å²) >= 11 is 1.59. The maximum atomic E-state index is 11.8. The van der Waals surface area contributed by atoms with E-state index in [-0.39, 0.29) is 12.0 Å². The van der Waals surface area contributed by atoms with Crippen molar-refractivity contribution in [3.63, 3.8) is 0 Å². The highest BCUT2D eigenvalue weighted by Gasteiger charge is 2.12. The number of ether oxygens (including phenoxy) is 2. The van der Waals surface area contributed by atoms with Gasteiger partial charge in [0.1, 0.15) is 5.75 Å². The van der Waals surface area contributed by atoms with Gasteiger partial charge in [0.05, 0.1) is 13.2 Å². The van der Waals surface area contributed by atoms with Crippen LogP contribution in [0.5, 0.6) is 5.75 Å². The Kier molecular flexibility index (Phi) is 6.18. The number of carbonyl (C=O) groups excluding carboxylic acids is 1. The van der Waals surface area contributed by atoms with Crippen molar-refractivity contribution in [1.29, 1.82) is 0 Å². The maximum Gasteiger partial charge on any atom is 0.244 e. The van der Waals surface area contributed by atoms with Crippen molar-refractivity contribution < 1.29 is 14.3 Å². The largest absolute Gasteiger partial charge is 0.497 e. The summed E-state index contributed by atoms with van der Waals surface area (Å²) in [6, 6.07) is 11.5. The molecule has 0 aliphatic heterocycles. The summed E-state index contributed by atoms with van der Waals surface area (Å²) in [5.74, 6) is 0.627. The minimum atomic E-state index is -0.214. The molecule has 0 aliphatic carbocycles. The Morgan fingerprint density at radius 2 is 2.18 bits per heavy atom. The van der Waals surface area contributed by atoms with Gasteiger partial charge in [0.25, 0.3) is 0 Å². The van der Waals surface area contributed by atoms with Crippen LogP contribution in [0.3, 0.4) is 0 Å². The first-order valence-electron chi connectivity index (χ1n) is 6.89. The summed E-state index contributed by atoms with van der Waals surface area (Å²) in [6.07, 6.45) is 3.12. The van der Waals surface area contributed by atoms with Crippen LogP contribution in [0.2, 0.25) is 0 Å². The predicted molar refractivity (Wildman–Crippen MR) is 89.1 cm³/mol. The smallest absolute Gasteiger partial charge is 0.244 e. The summed E-state index contributed by atoms with van der Waals surface area (Å²) in [7, 11) is 3.25. The van der Waals surface area contributed by atoms with Crippen LogP contribution in [0.4, 0.5) is 0 Å². The van der Waals surface area contributed by atoms with E-state index < -0.39 is 0 Å². The van der Waals surface area contributed by atoms with Gasteiger partial charge >= 0.3 is 0 Å². The average Bonchev–Trinajstić information content (AvgIpc) is 3.07. The van der Waals surface area contributed by atoms with Gasteiger partial charge in [0.2, 0.25) is 5.91 Å². The summed E-state index contributed by atoms with van der Waals surface area (Å²) in [5, 5.41) is 4.82. The second-order valence-electron chi connectivity index (χ2n) is 4.59. The molecule has 1 aromatic heterocycles. The summed E-state index contributed by atoms with van der Waals surface area (Å²) < 4.78 is 10.6. The van der Waals surface area contributed by atoms with E-state index in [4.69, 9.17) is 9.47 Å². The van der Waals surface area contributed by atoms with Gasteiger partial charge in [-0.3, -0.25) is 4.79 Å². The summed E-state index contributed by atoms with van der Waals surface area (Å²) in [6.45, 7) is 0.400. The molecule has 1 N–H and O–H groups in total. The molecule has 2 aromatic rings. The SMILES string of the molecule is COc1cccc([C@@H](CNC(=O)/C=C/c2cccs2)OC)c1. The molecule has 4 nitrogen and oxygen atoms in total. The fourth-order valence-corrected chi connectivity index (χ4v) is 2.59. The van der Waals surface area contributed by atoms with Crippen LogP contribution in [0.25, 0.3) is 6.08 Å². The molecular formula is C17H19NO3S. The third-order valence-corrected chi connectivity index (χ3v) is 3.99. The standard InChI is InChI=1S/C17H19NO3S/c1-20-14-6-3-5-13(11-14)16(21-2)12-18-17(19)9-8-15-7-4-10-22-15/h3-11,16H,12H2,1-2H3,(H,18,19)/b9-8+/t16-/m1/s1. The third kappa shape index (κ3) is 4.72. The lowest BCUT2D eigenvalue weighted by atomic mass is 10.1. The van der Waals surface area contributed by atoms with Crippen molar-refractivity contribution in [2.24, 2.45) is 0 Å².